The van der Waals surface area contributed by atoms with Crippen molar-refractivity contribution < 1.29 is 28.5 Å². The molecule has 0 bridgehead atoms. The standard InChI is InChI=1S/C22H24F2N2O4S/c1-3-17(19(24)8-6-10-23)21-25-26(14(2)28)22(31-21)15(11-16(29)12-27)13-30-20-9-5-4-7-18(20)22/h3-10,15-16,27,29H,11-13H2,1-2H3/b10-6+,17-3+,19-8+. The van der Waals surface area contributed by atoms with Crippen molar-refractivity contribution in [1.82, 2.24) is 5.01 Å². The topological polar surface area (TPSA) is 82.4 Å². The summed E-state index contributed by atoms with van der Waals surface area (Å²) >= 11 is 1.18. The molecule has 2 aliphatic rings. The Morgan fingerprint density at radius 3 is 2.87 bits per heavy atom. The Bertz CT molecular complexity index is 963. The summed E-state index contributed by atoms with van der Waals surface area (Å²) in [7, 11) is 0. The molecule has 2 N–H and O–H groups in total. The first-order valence-corrected chi connectivity index (χ1v) is 10.6. The molecule has 1 aromatic carbocycles. The zero-order valence-electron chi connectivity index (χ0n) is 17.2. The molecule has 0 aromatic heterocycles. The van der Waals surface area contributed by atoms with Crippen molar-refractivity contribution in [3.8, 4) is 5.75 Å². The fourth-order valence-corrected chi connectivity index (χ4v) is 5.44. The Kier molecular flexibility index (Phi) is 7.30. The largest absolute Gasteiger partial charge is 0.493 e. The number of fused-ring (bicyclic) bond motifs is 2. The van der Waals surface area contributed by atoms with E-state index in [9.17, 15) is 23.8 Å². The molecule has 31 heavy (non-hydrogen) atoms. The van der Waals surface area contributed by atoms with Gasteiger partial charge in [0.15, 0.2) is 4.87 Å². The third-order valence-corrected chi connectivity index (χ3v) is 6.71. The van der Waals surface area contributed by atoms with E-state index in [4.69, 9.17) is 4.74 Å². The van der Waals surface area contributed by atoms with Gasteiger partial charge in [-0.15, -0.1) is 0 Å². The number of allylic oxidation sites excluding steroid dienone is 4. The van der Waals surface area contributed by atoms with Gasteiger partial charge in [-0.3, -0.25) is 4.79 Å². The van der Waals surface area contributed by atoms with Crippen molar-refractivity contribution in [1.29, 1.82) is 0 Å². The third kappa shape index (κ3) is 4.30. The zero-order valence-corrected chi connectivity index (χ0v) is 18.0. The van der Waals surface area contributed by atoms with E-state index in [0.29, 0.717) is 11.3 Å². The van der Waals surface area contributed by atoms with Gasteiger partial charge in [-0.05, 0) is 31.6 Å². The number of rotatable bonds is 6. The summed E-state index contributed by atoms with van der Waals surface area (Å²) in [4.78, 5) is 11.6. The molecule has 0 saturated carbocycles. The van der Waals surface area contributed by atoms with Crippen LogP contribution in [0, 0.1) is 5.92 Å². The maximum atomic E-state index is 14.7. The molecule has 0 fully saturated rings. The van der Waals surface area contributed by atoms with Gasteiger partial charge in [0.25, 0.3) is 0 Å². The number of hydrogen-bond acceptors (Lipinski definition) is 6. The lowest BCUT2D eigenvalue weighted by atomic mass is 9.85. The number of hydrazone groups is 1. The van der Waals surface area contributed by atoms with Crippen LogP contribution in [0.2, 0.25) is 0 Å². The Labute approximate surface area is 183 Å². The Balaban J connectivity index is 2.14. The molecule has 6 nitrogen and oxygen atoms in total. The fourth-order valence-electron chi connectivity index (χ4n) is 3.83. The van der Waals surface area contributed by atoms with E-state index in [2.05, 4.69) is 5.10 Å². The summed E-state index contributed by atoms with van der Waals surface area (Å²) in [6.45, 7) is 2.71. The van der Waals surface area contributed by atoms with Gasteiger partial charge in [-0.25, -0.2) is 13.8 Å². The van der Waals surface area contributed by atoms with E-state index >= 15 is 0 Å². The molecule has 1 aromatic rings. The van der Waals surface area contributed by atoms with E-state index in [1.807, 2.05) is 6.07 Å². The van der Waals surface area contributed by atoms with Gasteiger partial charge in [0.05, 0.1) is 25.6 Å². The minimum absolute atomic E-state index is 0.122. The van der Waals surface area contributed by atoms with Crippen LogP contribution in [0.15, 0.2) is 65.3 Å². The van der Waals surface area contributed by atoms with Crippen LogP contribution < -0.4 is 4.74 Å². The van der Waals surface area contributed by atoms with Crippen LogP contribution >= 0.6 is 11.8 Å². The monoisotopic (exact) mass is 450 g/mol. The quantitative estimate of drug-likeness (QED) is 0.645. The lowest BCUT2D eigenvalue weighted by Gasteiger charge is -2.45. The van der Waals surface area contributed by atoms with Crippen LogP contribution in [-0.4, -0.2) is 45.5 Å². The highest BCUT2D eigenvalue weighted by molar-refractivity contribution is 8.15. The number of halogens is 2. The summed E-state index contributed by atoms with van der Waals surface area (Å²) < 4.78 is 33.0. The van der Waals surface area contributed by atoms with Gasteiger partial charge in [0, 0.05) is 24.0 Å². The fraction of sp³-hybridized carbons (Fsp3) is 0.364. The van der Waals surface area contributed by atoms with Gasteiger partial charge in [-0.2, -0.15) is 5.10 Å². The maximum Gasteiger partial charge on any atom is 0.241 e. The molecular formula is C22H24F2N2O4S. The predicted molar refractivity (Wildman–Crippen MR) is 116 cm³/mol. The first-order valence-electron chi connectivity index (χ1n) is 9.78. The lowest BCUT2D eigenvalue weighted by Crippen LogP contribution is -2.51. The molecule has 0 saturated heterocycles. The second-order valence-electron chi connectivity index (χ2n) is 7.15. The van der Waals surface area contributed by atoms with E-state index in [1.165, 1.54) is 29.8 Å². The van der Waals surface area contributed by atoms with Crippen molar-refractivity contribution in [2.45, 2.75) is 31.2 Å². The number of nitrogens with zero attached hydrogens (tertiary/aromatic N) is 2. The average molecular weight is 451 g/mol. The average Bonchev–Trinajstić information content (AvgIpc) is 3.16. The summed E-state index contributed by atoms with van der Waals surface area (Å²) in [5, 5.41) is 25.5. The van der Waals surface area contributed by atoms with E-state index in [0.717, 1.165) is 12.2 Å². The predicted octanol–water partition coefficient (Wildman–Crippen LogP) is 3.78. The summed E-state index contributed by atoms with van der Waals surface area (Å²) in [6, 6.07) is 7.18. The van der Waals surface area contributed by atoms with E-state index in [1.54, 1.807) is 25.1 Å². The number of thioether (sulfide) groups is 1. The minimum Gasteiger partial charge on any atom is -0.493 e. The molecule has 9 heteroatoms. The van der Waals surface area contributed by atoms with Crippen molar-refractivity contribution in [3.63, 3.8) is 0 Å². The normalized spacial score (nSPS) is 24.9. The number of ether oxygens (including phenoxy) is 1. The molecule has 1 amide bonds. The summed E-state index contributed by atoms with van der Waals surface area (Å²) in [5.41, 5.74) is 0.787. The minimum atomic E-state index is -1.10. The van der Waals surface area contributed by atoms with Crippen LogP contribution in [0.1, 0.15) is 25.8 Å². The van der Waals surface area contributed by atoms with Gasteiger partial charge < -0.3 is 14.9 Å². The smallest absolute Gasteiger partial charge is 0.241 e. The lowest BCUT2D eigenvalue weighted by molar-refractivity contribution is -0.135. The van der Waals surface area contributed by atoms with Crippen molar-refractivity contribution in [2.75, 3.05) is 13.2 Å². The Morgan fingerprint density at radius 2 is 2.23 bits per heavy atom. The second kappa shape index (κ2) is 9.76. The Hall–Kier alpha value is -2.49. The van der Waals surface area contributed by atoms with Crippen LogP contribution in [0.25, 0.3) is 0 Å². The zero-order chi connectivity index (χ0) is 22.6. The highest BCUT2D eigenvalue weighted by Gasteiger charge is 2.57. The van der Waals surface area contributed by atoms with Gasteiger partial charge in [-0.1, -0.05) is 36.0 Å². The molecule has 3 unspecified atom stereocenters. The molecule has 0 aliphatic carbocycles. The van der Waals surface area contributed by atoms with E-state index < -0.39 is 29.3 Å². The van der Waals surface area contributed by atoms with Crippen molar-refractivity contribution >= 4 is 22.7 Å². The van der Waals surface area contributed by atoms with Gasteiger partial charge in [0.1, 0.15) is 16.6 Å². The van der Waals surface area contributed by atoms with Gasteiger partial charge in [0.2, 0.25) is 5.91 Å². The molecule has 2 heterocycles. The van der Waals surface area contributed by atoms with Crippen molar-refractivity contribution in [2.24, 2.45) is 11.0 Å². The Morgan fingerprint density at radius 1 is 1.48 bits per heavy atom. The number of benzene rings is 1. The van der Waals surface area contributed by atoms with Crippen molar-refractivity contribution in [3.05, 3.63) is 65.8 Å². The SMILES string of the molecule is C\C=C(C1=NN(C(C)=O)C2(S1)c1ccccc1OCC2CC(O)CO)/C(F)=C\C=C\F. The first-order chi connectivity index (χ1) is 14.9. The highest BCUT2D eigenvalue weighted by atomic mass is 32.2. The molecule has 1 spiro atoms. The first kappa shape index (κ1) is 23.2. The highest BCUT2D eigenvalue weighted by Crippen LogP contribution is 2.58. The van der Waals surface area contributed by atoms with Crippen LogP contribution in [0.5, 0.6) is 5.75 Å². The number of amides is 1. The number of aliphatic hydroxyl groups is 2. The van der Waals surface area contributed by atoms with E-state index in [-0.39, 0.29) is 35.9 Å². The van der Waals surface area contributed by atoms with Gasteiger partial charge >= 0.3 is 0 Å². The number of para-hydroxylation sites is 1. The molecule has 3 atom stereocenters. The number of aliphatic hydroxyl groups excluding tert-OH is 2. The third-order valence-electron chi connectivity index (χ3n) is 5.18. The van der Waals surface area contributed by atoms with Crippen LogP contribution in [0.4, 0.5) is 8.78 Å². The molecule has 166 valence electrons. The van der Waals surface area contributed by atoms with Crippen LogP contribution in [0.3, 0.4) is 0 Å². The molecule has 2 aliphatic heterocycles. The number of carbonyl (C=O) groups excluding carboxylic acids is 1. The second-order valence-corrected chi connectivity index (χ2v) is 8.36. The maximum absolute atomic E-state index is 14.7. The van der Waals surface area contributed by atoms with Crippen LogP contribution in [-0.2, 0) is 9.67 Å². The number of hydrogen-bond donors (Lipinski definition) is 2. The molecular weight excluding hydrogens is 426 g/mol. The summed E-state index contributed by atoms with van der Waals surface area (Å²) in [5.74, 6) is -0.955. The molecule has 0 radical (unpaired) electrons. The summed E-state index contributed by atoms with van der Waals surface area (Å²) in [6.07, 6.45) is 2.75. The number of carbonyl (C=O) groups is 1. The molecule has 3 rings (SSSR count).